The number of esters is 1. The number of ether oxygens (including phenoxy) is 1. The highest BCUT2D eigenvalue weighted by atomic mass is 32.1. The van der Waals surface area contributed by atoms with Gasteiger partial charge in [-0.3, -0.25) is 9.59 Å². The van der Waals surface area contributed by atoms with Crippen LogP contribution in [0.5, 0.6) is 0 Å². The molecule has 0 unspecified atom stereocenters. The van der Waals surface area contributed by atoms with Crippen LogP contribution in [0.1, 0.15) is 23.7 Å². The number of rotatable bonds is 5. The van der Waals surface area contributed by atoms with E-state index < -0.39 is 0 Å². The fraction of sp³-hybridized carbons (Fsp3) is 0.211. The van der Waals surface area contributed by atoms with Crippen LogP contribution in [-0.2, 0) is 16.1 Å². The monoisotopic (exact) mass is 354 g/mol. The number of hydrogen-bond donors (Lipinski definition) is 0. The summed E-state index contributed by atoms with van der Waals surface area (Å²) in [6, 6.07) is 16.8. The highest BCUT2D eigenvalue weighted by Crippen LogP contribution is 2.17. The number of benzene rings is 2. The summed E-state index contributed by atoms with van der Waals surface area (Å²) in [4.78, 5) is 29.0. The number of carbonyl (C=O) groups excluding carboxylic acids is 2. The Morgan fingerprint density at radius 3 is 2.56 bits per heavy atom. The van der Waals surface area contributed by atoms with Gasteiger partial charge < -0.3 is 9.30 Å². The minimum atomic E-state index is -0.294. The van der Waals surface area contributed by atoms with Crippen LogP contribution in [0.2, 0.25) is 0 Å². The van der Waals surface area contributed by atoms with Crippen molar-refractivity contribution in [3.63, 3.8) is 0 Å². The molecule has 1 heterocycles. The van der Waals surface area contributed by atoms with Gasteiger partial charge in [0.25, 0.3) is 5.91 Å². The van der Waals surface area contributed by atoms with Gasteiger partial charge in [-0.15, -0.1) is 0 Å². The number of amides is 1. The summed E-state index contributed by atoms with van der Waals surface area (Å²) >= 11 is 1.44. The van der Waals surface area contributed by atoms with E-state index in [9.17, 15) is 9.59 Å². The normalized spacial score (nSPS) is 11.6. The Bertz CT molecular complexity index is 957. The van der Waals surface area contributed by atoms with Crippen LogP contribution in [-0.4, -0.2) is 23.1 Å². The topological polar surface area (TPSA) is 60.7 Å². The van der Waals surface area contributed by atoms with E-state index in [0.29, 0.717) is 23.5 Å². The lowest BCUT2D eigenvalue weighted by Crippen LogP contribution is -2.19. The van der Waals surface area contributed by atoms with E-state index in [4.69, 9.17) is 4.74 Å². The molecule has 0 spiro atoms. The summed E-state index contributed by atoms with van der Waals surface area (Å²) in [5, 5.41) is 0. The molecule has 3 aromatic rings. The van der Waals surface area contributed by atoms with E-state index in [2.05, 4.69) is 4.99 Å². The third-order valence-electron chi connectivity index (χ3n) is 3.65. The number of carbonyl (C=O) groups is 2. The van der Waals surface area contributed by atoms with E-state index in [1.54, 1.807) is 19.1 Å². The van der Waals surface area contributed by atoms with Gasteiger partial charge in [0.05, 0.1) is 23.2 Å². The first-order chi connectivity index (χ1) is 12.2. The van der Waals surface area contributed by atoms with Crippen molar-refractivity contribution >= 4 is 33.4 Å². The number of aromatic nitrogens is 1. The van der Waals surface area contributed by atoms with Gasteiger partial charge in [0.15, 0.2) is 4.80 Å². The van der Waals surface area contributed by atoms with Gasteiger partial charge in [-0.05, 0) is 31.2 Å². The summed E-state index contributed by atoms with van der Waals surface area (Å²) < 4.78 is 7.92. The molecule has 6 heteroatoms. The first-order valence-corrected chi connectivity index (χ1v) is 8.89. The summed E-state index contributed by atoms with van der Waals surface area (Å²) in [6.45, 7) is 2.56. The molecule has 0 aliphatic carbocycles. The maximum Gasteiger partial charge on any atom is 0.307 e. The fourth-order valence-corrected chi connectivity index (χ4v) is 3.55. The van der Waals surface area contributed by atoms with Crippen molar-refractivity contribution in [2.24, 2.45) is 4.99 Å². The zero-order chi connectivity index (χ0) is 17.6. The Labute approximate surface area is 149 Å². The van der Waals surface area contributed by atoms with Crippen molar-refractivity contribution in [1.29, 1.82) is 0 Å². The second-order valence-corrected chi connectivity index (χ2v) is 6.35. The predicted molar refractivity (Wildman–Crippen MR) is 97.4 cm³/mol. The second kappa shape index (κ2) is 7.90. The Hall–Kier alpha value is -2.73. The molecule has 5 nitrogen and oxygen atoms in total. The smallest absolute Gasteiger partial charge is 0.307 e. The van der Waals surface area contributed by atoms with Crippen LogP contribution < -0.4 is 4.80 Å². The number of nitrogens with zero attached hydrogens (tertiary/aromatic N) is 2. The molecule has 0 saturated carbocycles. The number of aryl methyl sites for hydroxylation is 1. The number of thiazole rings is 1. The van der Waals surface area contributed by atoms with Crippen LogP contribution in [0.4, 0.5) is 0 Å². The molecule has 0 fully saturated rings. The molecule has 0 radical (unpaired) electrons. The molecule has 0 saturated heterocycles. The van der Waals surface area contributed by atoms with Crippen LogP contribution in [0.25, 0.3) is 10.2 Å². The largest absolute Gasteiger partial charge is 0.466 e. The van der Waals surface area contributed by atoms with Crippen LogP contribution in [0.15, 0.2) is 59.6 Å². The fourth-order valence-electron chi connectivity index (χ4n) is 2.49. The van der Waals surface area contributed by atoms with E-state index in [1.165, 1.54) is 11.3 Å². The molecule has 1 amide bonds. The minimum Gasteiger partial charge on any atom is -0.466 e. The Balaban J connectivity index is 1.99. The lowest BCUT2D eigenvalue weighted by Gasteiger charge is -2.05. The van der Waals surface area contributed by atoms with E-state index >= 15 is 0 Å². The number of hydrogen-bond acceptors (Lipinski definition) is 4. The first kappa shape index (κ1) is 17.1. The molecule has 128 valence electrons. The molecular formula is C19H18N2O3S. The van der Waals surface area contributed by atoms with Gasteiger partial charge >= 0.3 is 5.97 Å². The summed E-state index contributed by atoms with van der Waals surface area (Å²) in [5.74, 6) is -0.553. The van der Waals surface area contributed by atoms with E-state index in [-0.39, 0.29) is 18.3 Å². The van der Waals surface area contributed by atoms with Crippen molar-refractivity contribution in [2.75, 3.05) is 6.61 Å². The van der Waals surface area contributed by atoms with Gasteiger partial charge in [0, 0.05) is 12.1 Å². The predicted octanol–water partition coefficient (Wildman–Crippen LogP) is 3.40. The van der Waals surface area contributed by atoms with Crippen molar-refractivity contribution in [3.8, 4) is 0 Å². The first-order valence-electron chi connectivity index (χ1n) is 8.07. The van der Waals surface area contributed by atoms with Gasteiger partial charge in [-0.2, -0.15) is 4.99 Å². The molecule has 0 bridgehead atoms. The Morgan fingerprint density at radius 2 is 1.80 bits per heavy atom. The molecule has 0 N–H and O–H groups in total. The van der Waals surface area contributed by atoms with Crippen molar-refractivity contribution in [2.45, 2.75) is 19.9 Å². The highest BCUT2D eigenvalue weighted by Gasteiger charge is 2.10. The van der Waals surface area contributed by atoms with Crippen molar-refractivity contribution in [3.05, 3.63) is 65.0 Å². The summed E-state index contributed by atoms with van der Waals surface area (Å²) in [6.07, 6.45) is 0.237. The molecule has 2 aromatic carbocycles. The standard InChI is InChI=1S/C19H18N2O3S/c1-2-24-17(22)12-13-21-15-10-6-7-11-16(15)25-19(21)20-18(23)14-8-4-3-5-9-14/h3-11H,2,12-13H2,1H3. The lowest BCUT2D eigenvalue weighted by atomic mass is 10.2. The molecule has 0 atom stereocenters. The third-order valence-corrected chi connectivity index (χ3v) is 4.71. The van der Waals surface area contributed by atoms with Gasteiger partial charge in [0.1, 0.15) is 0 Å². The SMILES string of the molecule is CCOC(=O)CCn1c(=NC(=O)c2ccccc2)sc2ccccc21. The maximum absolute atomic E-state index is 12.4. The molecule has 0 aliphatic rings. The highest BCUT2D eigenvalue weighted by molar-refractivity contribution is 7.16. The zero-order valence-electron chi connectivity index (χ0n) is 13.8. The second-order valence-electron chi connectivity index (χ2n) is 5.34. The summed E-state index contributed by atoms with van der Waals surface area (Å²) in [7, 11) is 0. The number of para-hydroxylation sites is 1. The van der Waals surface area contributed by atoms with Crippen LogP contribution in [0.3, 0.4) is 0 Å². The summed E-state index contributed by atoms with van der Waals surface area (Å²) in [5.41, 5.74) is 1.49. The van der Waals surface area contributed by atoms with Gasteiger partial charge in [-0.1, -0.05) is 41.7 Å². The van der Waals surface area contributed by atoms with Crippen LogP contribution >= 0.6 is 11.3 Å². The van der Waals surface area contributed by atoms with E-state index in [1.807, 2.05) is 47.0 Å². The molecule has 1 aromatic heterocycles. The van der Waals surface area contributed by atoms with Gasteiger partial charge in [0.2, 0.25) is 0 Å². The van der Waals surface area contributed by atoms with Gasteiger partial charge in [-0.25, -0.2) is 0 Å². The average molecular weight is 354 g/mol. The maximum atomic E-state index is 12.4. The Morgan fingerprint density at radius 1 is 1.08 bits per heavy atom. The number of fused-ring (bicyclic) bond motifs is 1. The van der Waals surface area contributed by atoms with E-state index in [0.717, 1.165) is 10.2 Å². The van der Waals surface area contributed by atoms with Crippen LogP contribution in [0, 0.1) is 0 Å². The quantitative estimate of drug-likeness (QED) is 0.660. The van der Waals surface area contributed by atoms with Crippen molar-refractivity contribution < 1.29 is 14.3 Å². The molecule has 0 aliphatic heterocycles. The zero-order valence-corrected chi connectivity index (χ0v) is 14.7. The average Bonchev–Trinajstić information content (AvgIpc) is 2.98. The molecule has 25 heavy (non-hydrogen) atoms. The minimum absolute atomic E-state index is 0.237. The lowest BCUT2D eigenvalue weighted by molar-refractivity contribution is -0.143. The van der Waals surface area contributed by atoms with Crippen molar-refractivity contribution in [1.82, 2.24) is 4.57 Å². The molecule has 3 rings (SSSR count). The Kier molecular flexibility index (Phi) is 5.40. The third kappa shape index (κ3) is 4.03. The molecular weight excluding hydrogens is 336 g/mol.